The number of aryl methyl sites for hydroxylation is 1. The van der Waals surface area contributed by atoms with Crippen LogP contribution in [0.4, 0.5) is 17.2 Å². The van der Waals surface area contributed by atoms with Gasteiger partial charge in [0.2, 0.25) is 5.91 Å². The van der Waals surface area contributed by atoms with Crippen LogP contribution in [0.25, 0.3) is 0 Å². The minimum Gasteiger partial charge on any atom is -0.369 e. The number of nitrogens with one attached hydrogen (secondary N) is 2. The summed E-state index contributed by atoms with van der Waals surface area (Å²) in [4.78, 5) is 25.9. The molecule has 0 bridgehead atoms. The average molecular weight is 409 g/mol. The van der Waals surface area contributed by atoms with Crippen LogP contribution >= 0.6 is 0 Å². The van der Waals surface area contributed by atoms with Crippen LogP contribution in [0.1, 0.15) is 44.5 Å². The van der Waals surface area contributed by atoms with Gasteiger partial charge < -0.3 is 20.4 Å². The highest BCUT2D eigenvalue weighted by atomic mass is 16.2. The smallest absolute Gasteiger partial charge is 0.224 e. The fourth-order valence-electron chi connectivity index (χ4n) is 4.84. The molecule has 3 heterocycles. The summed E-state index contributed by atoms with van der Waals surface area (Å²) in [5.41, 5.74) is 4.26. The first kappa shape index (κ1) is 20.6. The first-order valence-electron chi connectivity index (χ1n) is 10.9. The average Bonchev–Trinajstić information content (AvgIpc) is 2.76. The Morgan fingerprint density at radius 2 is 2.00 bits per heavy atom. The number of benzene rings is 1. The van der Waals surface area contributed by atoms with Crippen LogP contribution in [-0.4, -0.2) is 48.1 Å². The molecule has 0 aliphatic carbocycles. The van der Waals surface area contributed by atoms with Crippen molar-refractivity contribution in [2.75, 3.05) is 41.3 Å². The van der Waals surface area contributed by atoms with E-state index in [0.717, 1.165) is 55.4 Å². The summed E-state index contributed by atoms with van der Waals surface area (Å²) in [6.07, 6.45) is 4.48. The first-order chi connectivity index (χ1) is 14.5. The van der Waals surface area contributed by atoms with Crippen molar-refractivity contribution in [3.63, 3.8) is 0 Å². The summed E-state index contributed by atoms with van der Waals surface area (Å²) in [6.45, 7) is 11.9. The van der Waals surface area contributed by atoms with Gasteiger partial charge in [-0.15, -0.1) is 0 Å². The largest absolute Gasteiger partial charge is 0.369 e. The number of carbonyl (C=O) groups excluding carboxylic acids is 1. The monoisotopic (exact) mass is 408 g/mol. The van der Waals surface area contributed by atoms with E-state index in [4.69, 9.17) is 0 Å². The van der Waals surface area contributed by atoms with Crippen LogP contribution in [0, 0.1) is 12.8 Å². The number of nitrogens with zero attached hydrogens (tertiary/aromatic N) is 4. The fraction of sp³-hybridized carbons (Fsp3) is 0.522. The lowest BCUT2D eigenvalue weighted by Gasteiger charge is -2.45. The summed E-state index contributed by atoms with van der Waals surface area (Å²) >= 11 is 0. The Bertz CT molecular complexity index is 893. The highest BCUT2D eigenvalue weighted by Crippen LogP contribution is 2.44. The molecule has 1 saturated heterocycles. The minimum atomic E-state index is 0.0559. The van der Waals surface area contributed by atoms with E-state index in [0.29, 0.717) is 0 Å². The summed E-state index contributed by atoms with van der Waals surface area (Å²) in [5, 5.41) is 7.04. The lowest BCUT2D eigenvalue weighted by molar-refractivity contribution is -0.117. The Morgan fingerprint density at radius 3 is 2.63 bits per heavy atom. The molecule has 1 aromatic heterocycles. The number of piperazine rings is 1. The predicted octanol–water partition coefficient (Wildman–Crippen LogP) is 3.13. The van der Waals surface area contributed by atoms with Crippen molar-refractivity contribution in [2.45, 2.75) is 46.2 Å². The topological polar surface area (TPSA) is 73.4 Å². The van der Waals surface area contributed by atoms with E-state index in [9.17, 15) is 4.79 Å². The van der Waals surface area contributed by atoms with Crippen LogP contribution in [0.3, 0.4) is 0 Å². The molecule has 2 N–H and O–H groups in total. The van der Waals surface area contributed by atoms with E-state index in [1.165, 1.54) is 5.69 Å². The maximum absolute atomic E-state index is 12.6. The van der Waals surface area contributed by atoms with Gasteiger partial charge in [0.05, 0.1) is 24.1 Å². The molecule has 0 saturated carbocycles. The van der Waals surface area contributed by atoms with Gasteiger partial charge in [-0.2, -0.15) is 0 Å². The number of carbonyl (C=O) groups is 1. The Morgan fingerprint density at radius 1 is 1.23 bits per heavy atom. The molecule has 30 heavy (non-hydrogen) atoms. The van der Waals surface area contributed by atoms with Gasteiger partial charge in [0.1, 0.15) is 5.82 Å². The third kappa shape index (κ3) is 3.86. The Hall–Kier alpha value is -2.67. The zero-order chi connectivity index (χ0) is 21.3. The molecule has 2 aromatic rings. The van der Waals surface area contributed by atoms with Gasteiger partial charge in [-0.05, 0) is 31.5 Å². The number of aromatic nitrogens is 2. The fourth-order valence-corrected chi connectivity index (χ4v) is 4.84. The molecule has 2 aliphatic heterocycles. The third-order valence-electron chi connectivity index (χ3n) is 6.39. The van der Waals surface area contributed by atoms with Crippen molar-refractivity contribution < 1.29 is 4.79 Å². The number of fused-ring (bicyclic) bond motifs is 1. The Kier molecular flexibility index (Phi) is 5.90. The van der Waals surface area contributed by atoms with E-state index in [-0.39, 0.29) is 23.9 Å². The van der Waals surface area contributed by atoms with Crippen LogP contribution in [0.15, 0.2) is 30.6 Å². The van der Waals surface area contributed by atoms with Gasteiger partial charge in [0, 0.05) is 62.0 Å². The maximum Gasteiger partial charge on any atom is 0.224 e. The molecule has 2 aliphatic rings. The molecular weight excluding hydrogens is 376 g/mol. The molecule has 7 heteroatoms. The lowest BCUT2D eigenvalue weighted by atomic mass is 9.80. The quantitative estimate of drug-likeness (QED) is 0.810. The van der Waals surface area contributed by atoms with Gasteiger partial charge in [-0.3, -0.25) is 9.78 Å². The number of amides is 1. The zero-order valence-corrected chi connectivity index (χ0v) is 18.4. The number of hydrogen-bond donors (Lipinski definition) is 2. The highest BCUT2D eigenvalue weighted by Gasteiger charge is 2.40. The van der Waals surface area contributed by atoms with Crippen LogP contribution in [0.5, 0.6) is 0 Å². The molecule has 4 rings (SSSR count). The second-order valence-electron chi connectivity index (χ2n) is 8.37. The SMILES string of the molecule is CC[C@H]1C(C)C(Nc2cnc(C)cn2)c2cc(N3CCNCC3)ccc2N1C(C)=O. The van der Waals surface area contributed by atoms with E-state index in [2.05, 4.69) is 57.5 Å². The molecule has 0 spiro atoms. The van der Waals surface area contributed by atoms with Gasteiger partial charge >= 0.3 is 0 Å². The van der Waals surface area contributed by atoms with Crippen molar-refractivity contribution >= 4 is 23.1 Å². The van der Waals surface area contributed by atoms with Crippen molar-refractivity contribution in [1.82, 2.24) is 15.3 Å². The number of rotatable bonds is 4. The van der Waals surface area contributed by atoms with Crippen molar-refractivity contribution in [2.24, 2.45) is 5.92 Å². The normalized spacial score (nSPS) is 23.8. The van der Waals surface area contributed by atoms with E-state index < -0.39 is 0 Å². The van der Waals surface area contributed by atoms with Crippen LogP contribution < -0.4 is 20.4 Å². The summed E-state index contributed by atoms with van der Waals surface area (Å²) in [7, 11) is 0. The minimum absolute atomic E-state index is 0.0559. The number of anilines is 3. The maximum atomic E-state index is 12.6. The molecule has 1 amide bonds. The Balaban J connectivity index is 1.77. The van der Waals surface area contributed by atoms with Crippen LogP contribution in [-0.2, 0) is 4.79 Å². The first-order valence-corrected chi connectivity index (χ1v) is 10.9. The third-order valence-corrected chi connectivity index (χ3v) is 6.39. The molecular formula is C23H32N6O. The number of hydrogen-bond acceptors (Lipinski definition) is 6. The van der Waals surface area contributed by atoms with Gasteiger partial charge in [-0.1, -0.05) is 13.8 Å². The van der Waals surface area contributed by atoms with Gasteiger partial charge in [0.25, 0.3) is 0 Å². The van der Waals surface area contributed by atoms with Crippen molar-refractivity contribution in [1.29, 1.82) is 0 Å². The van der Waals surface area contributed by atoms with Crippen molar-refractivity contribution in [3.05, 3.63) is 41.9 Å². The Labute approximate surface area is 178 Å². The predicted molar refractivity (Wildman–Crippen MR) is 121 cm³/mol. The molecule has 0 radical (unpaired) electrons. The van der Waals surface area contributed by atoms with E-state index in [1.807, 2.05) is 11.8 Å². The second kappa shape index (κ2) is 8.60. The molecule has 2 unspecified atom stereocenters. The molecule has 1 aromatic carbocycles. The molecule has 1 fully saturated rings. The van der Waals surface area contributed by atoms with Crippen molar-refractivity contribution in [3.8, 4) is 0 Å². The van der Waals surface area contributed by atoms with Crippen LogP contribution in [0.2, 0.25) is 0 Å². The van der Waals surface area contributed by atoms with Gasteiger partial charge in [-0.25, -0.2) is 4.98 Å². The summed E-state index contributed by atoms with van der Waals surface area (Å²) < 4.78 is 0. The molecule has 160 valence electrons. The standard InChI is InChI=1S/C23H32N6O/c1-5-20-16(3)23(27-22-14-25-15(2)13-26-22)19-12-18(28-10-8-24-9-11-28)6-7-21(19)29(20)17(4)30/h6-7,12-14,16,20,23-24H,5,8-11H2,1-4H3,(H,26,27)/t16?,20-,23?/m0/s1. The van der Waals surface area contributed by atoms with Gasteiger partial charge in [0.15, 0.2) is 0 Å². The molecule has 7 nitrogen and oxygen atoms in total. The zero-order valence-electron chi connectivity index (χ0n) is 18.4. The lowest BCUT2D eigenvalue weighted by Crippen LogP contribution is -2.50. The van der Waals surface area contributed by atoms with E-state index >= 15 is 0 Å². The summed E-state index contributed by atoms with van der Waals surface area (Å²) in [5.74, 6) is 1.09. The molecule has 3 atom stereocenters. The second-order valence-corrected chi connectivity index (χ2v) is 8.37. The summed E-state index contributed by atoms with van der Waals surface area (Å²) in [6, 6.07) is 6.73. The highest BCUT2D eigenvalue weighted by molar-refractivity contribution is 5.94. The van der Waals surface area contributed by atoms with E-state index in [1.54, 1.807) is 19.3 Å².